The van der Waals surface area contributed by atoms with Crippen LogP contribution in [0.5, 0.6) is 0 Å². The Morgan fingerprint density at radius 2 is 1.91 bits per heavy atom. The average molecular weight is 480 g/mol. The van der Waals surface area contributed by atoms with Crippen LogP contribution in [0.3, 0.4) is 0 Å². The molecule has 4 aromatic rings. The van der Waals surface area contributed by atoms with E-state index in [2.05, 4.69) is 20.3 Å². The molecular formula is C23H21N5O5S. The number of aromatic amines is 1. The molecule has 1 unspecified atom stereocenters. The van der Waals surface area contributed by atoms with Crippen LogP contribution in [0, 0.1) is 0 Å². The predicted octanol–water partition coefficient (Wildman–Crippen LogP) is 2.85. The number of sulfonamides is 1. The molecule has 0 saturated heterocycles. The molecule has 2 aromatic heterocycles. The summed E-state index contributed by atoms with van der Waals surface area (Å²) in [5.74, 6) is -0.584. The number of pyridine rings is 1. The maximum absolute atomic E-state index is 12.7. The number of primary sulfonamides is 1. The molecule has 4 N–H and O–H groups in total. The van der Waals surface area contributed by atoms with Crippen molar-refractivity contribution in [2.75, 3.05) is 5.32 Å². The maximum Gasteiger partial charge on any atom is 0.338 e. The fraction of sp³-hybridized carbons (Fsp3) is 0.130. The van der Waals surface area contributed by atoms with Crippen LogP contribution in [-0.4, -0.2) is 41.4 Å². The SMILES string of the molecule is CCC(OC(=O)c1ccc2nc(-c3cccnc3)[nH]c2c1)C(=O)Nc1ccc(S(N)(=O)=O)cc1. The van der Waals surface area contributed by atoms with Crippen LogP contribution in [-0.2, 0) is 19.6 Å². The number of nitrogens with one attached hydrogen (secondary N) is 2. The number of carbonyl (C=O) groups is 2. The third kappa shape index (κ3) is 5.11. The van der Waals surface area contributed by atoms with Gasteiger partial charge in [0.25, 0.3) is 5.91 Å². The highest BCUT2D eigenvalue weighted by molar-refractivity contribution is 7.89. The van der Waals surface area contributed by atoms with Crippen LogP contribution in [0.2, 0.25) is 0 Å². The molecule has 2 heterocycles. The van der Waals surface area contributed by atoms with E-state index >= 15 is 0 Å². The van der Waals surface area contributed by atoms with Gasteiger partial charge in [-0.25, -0.2) is 23.3 Å². The summed E-state index contributed by atoms with van der Waals surface area (Å²) >= 11 is 0. The van der Waals surface area contributed by atoms with Crippen molar-refractivity contribution in [3.8, 4) is 11.4 Å². The zero-order valence-electron chi connectivity index (χ0n) is 18.1. The normalized spacial score (nSPS) is 12.3. The number of anilines is 1. The Morgan fingerprint density at radius 3 is 2.56 bits per heavy atom. The Kier molecular flexibility index (Phi) is 6.39. The number of nitrogens with zero attached hydrogens (tertiary/aromatic N) is 2. The molecule has 174 valence electrons. The molecule has 4 rings (SSSR count). The van der Waals surface area contributed by atoms with E-state index < -0.39 is 28.0 Å². The standard InChI is InChI=1S/C23H21N5O5S/c1-2-20(22(29)26-16-6-8-17(9-7-16)34(24,31)32)33-23(30)14-5-10-18-19(12-14)28-21(27-18)15-4-3-11-25-13-15/h3-13,20H,2H2,1H3,(H,26,29)(H,27,28)(H2,24,31,32). The summed E-state index contributed by atoms with van der Waals surface area (Å²) < 4.78 is 28.1. The summed E-state index contributed by atoms with van der Waals surface area (Å²) in [6, 6.07) is 13.9. The Labute approximate surface area is 195 Å². The first-order chi connectivity index (χ1) is 16.2. The molecule has 1 atom stereocenters. The van der Waals surface area contributed by atoms with E-state index in [0.717, 1.165) is 5.56 Å². The zero-order valence-corrected chi connectivity index (χ0v) is 18.9. The largest absolute Gasteiger partial charge is 0.449 e. The van der Waals surface area contributed by atoms with Gasteiger partial charge in [0.2, 0.25) is 10.0 Å². The van der Waals surface area contributed by atoms with Gasteiger partial charge in [-0.1, -0.05) is 6.92 Å². The number of hydrogen-bond donors (Lipinski definition) is 3. The third-order valence-electron chi connectivity index (χ3n) is 5.02. The van der Waals surface area contributed by atoms with Gasteiger partial charge in [-0.05, 0) is 61.0 Å². The van der Waals surface area contributed by atoms with Crippen LogP contribution < -0.4 is 10.5 Å². The summed E-state index contributed by atoms with van der Waals surface area (Å²) in [5.41, 5.74) is 2.72. The number of benzene rings is 2. The number of rotatable bonds is 7. The quantitative estimate of drug-likeness (QED) is 0.344. The molecule has 0 bridgehead atoms. The first kappa shape index (κ1) is 23.1. The number of aromatic nitrogens is 3. The fourth-order valence-electron chi connectivity index (χ4n) is 3.25. The summed E-state index contributed by atoms with van der Waals surface area (Å²) in [4.78, 5) is 37.0. The van der Waals surface area contributed by atoms with Crippen molar-refractivity contribution in [1.82, 2.24) is 15.0 Å². The lowest BCUT2D eigenvalue weighted by Crippen LogP contribution is -2.32. The van der Waals surface area contributed by atoms with Crippen molar-refractivity contribution in [3.63, 3.8) is 0 Å². The Hall–Kier alpha value is -4.09. The maximum atomic E-state index is 12.7. The van der Waals surface area contributed by atoms with Gasteiger partial charge in [0.05, 0.1) is 21.5 Å². The van der Waals surface area contributed by atoms with E-state index in [4.69, 9.17) is 9.88 Å². The summed E-state index contributed by atoms with van der Waals surface area (Å²) in [7, 11) is -3.84. The average Bonchev–Trinajstić information content (AvgIpc) is 3.26. The third-order valence-corrected chi connectivity index (χ3v) is 5.94. The Morgan fingerprint density at radius 1 is 1.15 bits per heavy atom. The molecule has 10 nitrogen and oxygen atoms in total. The lowest BCUT2D eigenvalue weighted by atomic mass is 10.2. The molecule has 0 fully saturated rings. The number of imidazole rings is 1. The van der Waals surface area contributed by atoms with Crippen molar-refractivity contribution in [2.24, 2.45) is 5.14 Å². The lowest BCUT2D eigenvalue weighted by Gasteiger charge is -2.16. The first-order valence-corrected chi connectivity index (χ1v) is 11.8. The van der Waals surface area contributed by atoms with Crippen molar-refractivity contribution < 1.29 is 22.7 Å². The van der Waals surface area contributed by atoms with Crippen molar-refractivity contribution >= 4 is 38.6 Å². The smallest absolute Gasteiger partial charge is 0.338 e. The second-order valence-corrected chi connectivity index (χ2v) is 8.98. The molecule has 34 heavy (non-hydrogen) atoms. The Bertz CT molecular complexity index is 1450. The number of fused-ring (bicyclic) bond motifs is 1. The molecule has 0 aliphatic heterocycles. The molecule has 0 aliphatic rings. The van der Waals surface area contributed by atoms with Crippen LogP contribution in [0.25, 0.3) is 22.4 Å². The van der Waals surface area contributed by atoms with Crippen molar-refractivity contribution in [1.29, 1.82) is 0 Å². The van der Waals surface area contributed by atoms with Gasteiger partial charge in [-0.2, -0.15) is 0 Å². The van der Waals surface area contributed by atoms with Crippen molar-refractivity contribution in [2.45, 2.75) is 24.3 Å². The van der Waals surface area contributed by atoms with Crippen molar-refractivity contribution in [3.05, 3.63) is 72.6 Å². The highest BCUT2D eigenvalue weighted by atomic mass is 32.2. The van der Waals surface area contributed by atoms with E-state index in [0.29, 0.717) is 22.5 Å². The topological polar surface area (TPSA) is 157 Å². The first-order valence-electron chi connectivity index (χ1n) is 10.3. The van der Waals surface area contributed by atoms with Crippen LogP contribution in [0.4, 0.5) is 5.69 Å². The van der Waals surface area contributed by atoms with Gasteiger partial charge in [0.1, 0.15) is 5.82 Å². The zero-order chi connectivity index (χ0) is 24.3. The van der Waals surface area contributed by atoms with Gasteiger partial charge >= 0.3 is 5.97 Å². The minimum Gasteiger partial charge on any atom is -0.449 e. The van der Waals surface area contributed by atoms with E-state index in [-0.39, 0.29) is 16.9 Å². The molecule has 0 spiro atoms. The number of carbonyl (C=O) groups excluding carboxylic acids is 2. The number of ether oxygens (including phenoxy) is 1. The highest BCUT2D eigenvalue weighted by Gasteiger charge is 2.23. The number of hydrogen-bond acceptors (Lipinski definition) is 7. The minimum absolute atomic E-state index is 0.0788. The van der Waals surface area contributed by atoms with E-state index in [9.17, 15) is 18.0 Å². The van der Waals surface area contributed by atoms with E-state index in [1.165, 1.54) is 24.3 Å². The minimum atomic E-state index is -3.84. The Balaban J connectivity index is 1.46. The van der Waals surface area contributed by atoms with E-state index in [1.807, 2.05) is 6.07 Å². The number of amides is 1. The molecular weight excluding hydrogens is 458 g/mol. The van der Waals surface area contributed by atoms with Gasteiger partial charge in [0.15, 0.2) is 6.10 Å². The molecule has 1 amide bonds. The molecule has 0 saturated carbocycles. The molecule has 2 aromatic carbocycles. The fourth-order valence-corrected chi connectivity index (χ4v) is 3.76. The number of nitrogens with two attached hydrogens (primary N) is 1. The summed E-state index contributed by atoms with van der Waals surface area (Å²) in [6.45, 7) is 1.71. The van der Waals surface area contributed by atoms with Crippen LogP contribution in [0.15, 0.2) is 71.9 Å². The monoisotopic (exact) mass is 479 g/mol. The van der Waals surface area contributed by atoms with Crippen LogP contribution in [0.1, 0.15) is 23.7 Å². The van der Waals surface area contributed by atoms with Gasteiger partial charge in [-0.15, -0.1) is 0 Å². The van der Waals surface area contributed by atoms with E-state index in [1.54, 1.807) is 43.6 Å². The van der Waals surface area contributed by atoms with Crippen LogP contribution >= 0.6 is 0 Å². The molecule has 0 radical (unpaired) electrons. The second kappa shape index (κ2) is 9.41. The predicted molar refractivity (Wildman–Crippen MR) is 125 cm³/mol. The van der Waals surface area contributed by atoms with Gasteiger partial charge < -0.3 is 15.0 Å². The number of esters is 1. The van der Waals surface area contributed by atoms with Gasteiger partial charge in [-0.3, -0.25) is 9.78 Å². The molecule has 0 aliphatic carbocycles. The number of H-pyrrole nitrogens is 1. The highest BCUT2D eigenvalue weighted by Crippen LogP contribution is 2.21. The lowest BCUT2D eigenvalue weighted by molar-refractivity contribution is -0.124. The second-order valence-electron chi connectivity index (χ2n) is 7.42. The summed E-state index contributed by atoms with van der Waals surface area (Å²) in [6.07, 6.45) is 2.54. The molecule has 11 heteroatoms. The van der Waals surface area contributed by atoms with Gasteiger partial charge in [0, 0.05) is 23.6 Å². The summed E-state index contributed by atoms with van der Waals surface area (Å²) in [5, 5.41) is 7.68.